The molecule has 1 atom stereocenters. The van der Waals surface area contributed by atoms with E-state index in [1.807, 2.05) is 24.3 Å². The number of thiol groups is 1. The van der Waals surface area contributed by atoms with Crippen LogP contribution in [-0.2, 0) is 4.79 Å². The van der Waals surface area contributed by atoms with Crippen LogP contribution in [0.3, 0.4) is 0 Å². The number of aromatic nitrogens is 2. The van der Waals surface area contributed by atoms with Crippen molar-refractivity contribution in [1.82, 2.24) is 9.55 Å². The summed E-state index contributed by atoms with van der Waals surface area (Å²) in [7, 11) is 0. The number of imidazole rings is 1. The van der Waals surface area contributed by atoms with E-state index >= 15 is 0 Å². The third-order valence-electron chi connectivity index (χ3n) is 2.32. The third kappa shape index (κ3) is 1.70. The van der Waals surface area contributed by atoms with Crippen LogP contribution >= 0.6 is 12.6 Å². The number of hydrogen-bond donors (Lipinski definition) is 2. The quantitative estimate of drug-likeness (QED) is 0.759. The molecule has 78 valence electrons. The predicted octanol–water partition coefficient (Wildman–Crippen LogP) is 0.992. The van der Waals surface area contributed by atoms with Crippen LogP contribution in [0.1, 0.15) is 6.04 Å². The molecule has 2 rings (SSSR count). The number of amides is 1. The van der Waals surface area contributed by atoms with Crippen LogP contribution < -0.4 is 5.73 Å². The van der Waals surface area contributed by atoms with Gasteiger partial charge in [0.25, 0.3) is 0 Å². The zero-order valence-electron chi connectivity index (χ0n) is 8.00. The lowest BCUT2D eigenvalue weighted by Crippen LogP contribution is -2.27. The highest BCUT2D eigenvalue weighted by molar-refractivity contribution is 7.80. The fraction of sp³-hybridized carbons (Fsp3) is 0.200. The van der Waals surface area contributed by atoms with E-state index in [4.69, 9.17) is 5.73 Å². The number of nitrogens with zero attached hydrogens (tertiary/aromatic N) is 2. The number of rotatable bonds is 3. The van der Waals surface area contributed by atoms with E-state index < -0.39 is 11.9 Å². The first-order valence-corrected chi connectivity index (χ1v) is 5.19. The zero-order valence-corrected chi connectivity index (χ0v) is 8.89. The highest BCUT2D eigenvalue weighted by Gasteiger charge is 2.17. The average Bonchev–Trinajstić information content (AvgIpc) is 2.63. The number of nitrogens with two attached hydrogens (primary N) is 1. The summed E-state index contributed by atoms with van der Waals surface area (Å²) in [5.41, 5.74) is 7.04. The fourth-order valence-corrected chi connectivity index (χ4v) is 1.90. The number of para-hydroxylation sites is 2. The minimum atomic E-state index is -0.444. The molecule has 0 bridgehead atoms. The molecule has 0 aliphatic rings. The summed E-state index contributed by atoms with van der Waals surface area (Å²) >= 11 is 4.12. The Hall–Kier alpha value is -1.49. The maximum absolute atomic E-state index is 11.2. The van der Waals surface area contributed by atoms with E-state index in [0.29, 0.717) is 5.75 Å². The van der Waals surface area contributed by atoms with Crippen molar-refractivity contribution in [2.24, 2.45) is 5.73 Å². The molecule has 2 N–H and O–H groups in total. The molecule has 0 spiro atoms. The Balaban J connectivity index is 2.55. The van der Waals surface area contributed by atoms with E-state index in [1.165, 1.54) is 0 Å². The van der Waals surface area contributed by atoms with Gasteiger partial charge in [0.2, 0.25) is 5.91 Å². The predicted molar refractivity (Wildman–Crippen MR) is 61.8 cm³/mol. The first-order chi connectivity index (χ1) is 7.24. The molecule has 0 aliphatic carbocycles. The molecule has 15 heavy (non-hydrogen) atoms. The van der Waals surface area contributed by atoms with E-state index in [9.17, 15) is 4.79 Å². The number of carbonyl (C=O) groups excluding carboxylic acids is 1. The second-order valence-corrected chi connectivity index (χ2v) is 3.61. The van der Waals surface area contributed by atoms with Gasteiger partial charge in [-0.05, 0) is 12.1 Å². The standard InChI is InChI=1S/C10H11N3OS/c11-10(14)9(5-15)13-6-12-7-3-1-2-4-8(7)13/h1-4,6,9,15H,5H2,(H2,11,14). The van der Waals surface area contributed by atoms with Crippen molar-refractivity contribution in [2.45, 2.75) is 6.04 Å². The SMILES string of the molecule is NC(=O)C(CS)n1cnc2ccccc21. The van der Waals surface area contributed by atoms with E-state index in [-0.39, 0.29) is 0 Å². The molecule has 0 saturated heterocycles. The number of primary amides is 1. The molecule has 5 heteroatoms. The van der Waals surface area contributed by atoms with Gasteiger partial charge in [-0.1, -0.05) is 12.1 Å². The lowest BCUT2D eigenvalue weighted by molar-refractivity contribution is -0.120. The van der Waals surface area contributed by atoms with Gasteiger partial charge in [-0.3, -0.25) is 4.79 Å². The van der Waals surface area contributed by atoms with Gasteiger partial charge in [-0.2, -0.15) is 12.6 Å². The minimum Gasteiger partial charge on any atom is -0.368 e. The molecular weight excluding hydrogens is 210 g/mol. The third-order valence-corrected chi connectivity index (χ3v) is 2.66. The topological polar surface area (TPSA) is 60.9 Å². The van der Waals surface area contributed by atoms with E-state index in [0.717, 1.165) is 11.0 Å². The average molecular weight is 221 g/mol. The van der Waals surface area contributed by atoms with E-state index in [1.54, 1.807) is 10.9 Å². The smallest absolute Gasteiger partial charge is 0.241 e. The molecule has 1 aromatic heterocycles. The Morgan fingerprint density at radius 1 is 1.53 bits per heavy atom. The van der Waals surface area contributed by atoms with Gasteiger partial charge in [0, 0.05) is 5.75 Å². The van der Waals surface area contributed by atoms with Crippen LogP contribution in [-0.4, -0.2) is 21.2 Å². The fourth-order valence-electron chi connectivity index (χ4n) is 1.54. The Morgan fingerprint density at radius 3 is 2.93 bits per heavy atom. The van der Waals surface area contributed by atoms with Crippen LogP contribution in [0.2, 0.25) is 0 Å². The second-order valence-electron chi connectivity index (χ2n) is 3.24. The van der Waals surface area contributed by atoms with Crippen LogP contribution in [0.4, 0.5) is 0 Å². The molecule has 0 saturated carbocycles. The van der Waals surface area contributed by atoms with Crippen molar-refractivity contribution in [3.63, 3.8) is 0 Å². The monoisotopic (exact) mass is 221 g/mol. The van der Waals surface area contributed by atoms with Crippen molar-refractivity contribution in [3.8, 4) is 0 Å². The maximum Gasteiger partial charge on any atom is 0.241 e. The van der Waals surface area contributed by atoms with Crippen molar-refractivity contribution < 1.29 is 4.79 Å². The van der Waals surface area contributed by atoms with E-state index in [2.05, 4.69) is 17.6 Å². The van der Waals surface area contributed by atoms with Crippen LogP contribution in [0.15, 0.2) is 30.6 Å². The molecule has 2 aromatic rings. The first kappa shape index (κ1) is 10.0. The molecule has 1 amide bonds. The van der Waals surface area contributed by atoms with Gasteiger partial charge in [0.05, 0.1) is 17.4 Å². The van der Waals surface area contributed by atoms with Crippen LogP contribution in [0.25, 0.3) is 11.0 Å². The van der Waals surface area contributed by atoms with Crippen molar-refractivity contribution in [2.75, 3.05) is 5.75 Å². The molecular formula is C10H11N3OS. The molecule has 1 unspecified atom stereocenters. The van der Waals surface area contributed by atoms with Gasteiger partial charge in [-0.15, -0.1) is 0 Å². The van der Waals surface area contributed by atoms with Crippen molar-refractivity contribution >= 4 is 29.6 Å². The largest absolute Gasteiger partial charge is 0.368 e. The number of hydrogen-bond acceptors (Lipinski definition) is 3. The van der Waals surface area contributed by atoms with Crippen LogP contribution in [0.5, 0.6) is 0 Å². The highest BCUT2D eigenvalue weighted by Crippen LogP contribution is 2.17. The summed E-state index contributed by atoms with van der Waals surface area (Å²) in [6.45, 7) is 0. The maximum atomic E-state index is 11.2. The second kappa shape index (κ2) is 3.94. The lowest BCUT2D eigenvalue weighted by Gasteiger charge is -2.12. The summed E-state index contributed by atoms with van der Waals surface area (Å²) in [5, 5.41) is 0. The normalized spacial score (nSPS) is 12.9. The zero-order chi connectivity index (χ0) is 10.8. The molecule has 1 aromatic carbocycles. The molecule has 4 nitrogen and oxygen atoms in total. The summed E-state index contributed by atoms with van der Waals surface area (Å²) in [6, 6.07) is 7.15. The van der Waals surface area contributed by atoms with Crippen molar-refractivity contribution in [3.05, 3.63) is 30.6 Å². The Bertz CT molecular complexity index is 494. The number of benzene rings is 1. The van der Waals surface area contributed by atoms with Gasteiger partial charge >= 0.3 is 0 Å². The molecule has 0 fully saturated rings. The summed E-state index contributed by atoms with van der Waals surface area (Å²) < 4.78 is 1.75. The van der Waals surface area contributed by atoms with Gasteiger partial charge < -0.3 is 10.3 Å². The van der Waals surface area contributed by atoms with Crippen molar-refractivity contribution in [1.29, 1.82) is 0 Å². The molecule has 0 aliphatic heterocycles. The summed E-state index contributed by atoms with van der Waals surface area (Å²) in [5.74, 6) is -0.0245. The van der Waals surface area contributed by atoms with Crippen LogP contribution in [0, 0.1) is 0 Å². The molecule has 1 heterocycles. The Morgan fingerprint density at radius 2 is 2.27 bits per heavy atom. The minimum absolute atomic E-state index is 0.371. The Kier molecular flexibility index (Phi) is 2.64. The highest BCUT2D eigenvalue weighted by atomic mass is 32.1. The molecule has 0 radical (unpaired) electrons. The summed E-state index contributed by atoms with van der Waals surface area (Å²) in [6.07, 6.45) is 1.62. The summed E-state index contributed by atoms with van der Waals surface area (Å²) in [4.78, 5) is 15.4. The first-order valence-electron chi connectivity index (χ1n) is 4.56. The number of fused-ring (bicyclic) bond motifs is 1. The number of carbonyl (C=O) groups is 1. The lowest BCUT2D eigenvalue weighted by atomic mass is 10.2. The Labute approximate surface area is 92.5 Å². The van der Waals surface area contributed by atoms with Gasteiger partial charge in [0.1, 0.15) is 6.04 Å². The van der Waals surface area contributed by atoms with Gasteiger partial charge in [-0.25, -0.2) is 4.98 Å². The van der Waals surface area contributed by atoms with Gasteiger partial charge in [0.15, 0.2) is 0 Å².